The normalized spacial score (nSPS) is 28.1. The molecule has 180 valence electrons. The molecule has 5 nitrogen and oxygen atoms in total. The predicted molar refractivity (Wildman–Crippen MR) is 120 cm³/mol. The molecule has 1 aliphatic carbocycles. The van der Waals surface area contributed by atoms with Crippen LogP contribution in [0.1, 0.15) is 51.0 Å². The highest BCUT2D eigenvalue weighted by Gasteiger charge is 2.35. The number of likely N-dealkylation sites (tertiary alicyclic amines) is 1. The summed E-state index contributed by atoms with van der Waals surface area (Å²) in [5, 5.41) is 3.32. The van der Waals surface area contributed by atoms with Crippen molar-refractivity contribution >= 4 is 5.91 Å². The smallest absolute Gasteiger partial charge is 0.416 e. The first kappa shape index (κ1) is 23.7. The van der Waals surface area contributed by atoms with Gasteiger partial charge in [-0.05, 0) is 75.3 Å². The minimum absolute atomic E-state index is 0.0659. The number of rotatable bonds is 4. The molecule has 2 heterocycles. The average Bonchev–Trinajstić information content (AvgIpc) is 3.00. The Morgan fingerprint density at radius 1 is 1.27 bits per heavy atom. The Morgan fingerprint density at radius 2 is 2.09 bits per heavy atom. The zero-order valence-electron chi connectivity index (χ0n) is 18.9. The van der Waals surface area contributed by atoms with Gasteiger partial charge in [0, 0.05) is 30.1 Å². The lowest BCUT2D eigenvalue weighted by Gasteiger charge is -2.39. The largest absolute Gasteiger partial charge is 0.493 e. The maximum absolute atomic E-state index is 13.5. The van der Waals surface area contributed by atoms with E-state index < -0.39 is 11.7 Å². The first-order valence-electron chi connectivity index (χ1n) is 11.7. The molecule has 2 unspecified atom stereocenters. The number of alkyl halides is 3. The summed E-state index contributed by atoms with van der Waals surface area (Å²) in [5.74, 6) is 0.404. The molecule has 0 radical (unpaired) electrons. The van der Waals surface area contributed by atoms with E-state index in [-0.39, 0.29) is 35.7 Å². The molecule has 8 heteroatoms. The third kappa shape index (κ3) is 5.72. The number of amides is 1. The van der Waals surface area contributed by atoms with Crippen LogP contribution in [-0.2, 0) is 11.0 Å². The molecule has 1 aromatic carbocycles. The Hall–Kier alpha value is -2.48. The number of carbonyl (C=O) groups is 1. The van der Waals surface area contributed by atoms with Crippen molar-refractivity contribution in [3.8, 4) is 5.75 Å². The topological polar surface area (TPSA) is 67.6 Å². The van der Waals surface area contributed by atoms with Crippen molar-refractivity contribution in [1.29, 1.82) is 0 Å². The molecular formula is C25H32F3N3O2. The fourth-order valence-electron chi connectivity index (χ4n) is 5.03. The molecule has 1 saturated heterocycles. The number of nitrogens with zero attached hydrogens (tertiary/aromatic N) is 1. The highest BCUT2D eigenvalue weighted by Crippen LogP contribution is 2.34. The van der Waals surface area contributed by atoms with Gasteiger partial charge in [-0.15, -0.1) is 0 Å². The van der Waals surface area contributed by atoms with Crippen molar-refractivity contribution in [2.75, 3.05) is 13.2 Å². The van der Waals surface area contributed by atoms with Gasteiger partial charge in [0.05, 0.1) is 18.3 Å². The number of hydrogen-bond acceptors (Lipinski definition) is 4. The van der Waals surface area contributed by atoms with E-state index >= 15 is 0 Å². The van der Waals surface area contributed by atoms with Crippen LogP contribution in [-0.4, -0.2) is 36.2 Å². The van der Waals surface area contributed by atoms with Gasteiger partial charge in [0.15, 0.2) is 0 Å². The standard InChI is InChI=1S/C25H32F3N3O2/c1-16-8-9-17(15-33-21-6-3-5-20(13-21)25(26,27)28)14-31(16)24(32)19-4-2-7-22-18(12-19)10-11-23(29)30-22/h3,5-6,10-11,13,16-17,19,23,30H,2,4,7-9,12,14-15,29H2,1H3/t16-,17+,19?,23?/m1/s1. The van der Waals surface area contributed by atoms with E-state index in [0.29, 0.717) is 19.6 Å². The van der Waals surface area contributed by atoms with E-state index in [0.717, 1.165) is 49.9 Å². The summed E-state index contributed by atoms with van der Waals surface area (Å²) >= 11 is 0. The van der Waals surface area contributed by atoms with Crippen LogP contribution in [0.25, 0.3) is 0 Å². The summed E-state index contributed by atoms with van der Waals surface area (Å²) < 4.78 is 44.6. The van der Waals surface area contributed by atoms with Crippen molar-refractivity contribution in [2.45, 2.75) is 63.8 Å². The van der Waals surface area contributed by atoms with E-state index in [4.69, 9.17) is 10.5 Å². The van der Waals surface area contributed by atoms with E-state index in [9.17, 15) is 18.0 Å². The maximum atomic E-state index is 13.5. The van der Waals surface area contributed by atoms with Crippen molar-refractivity contribution < 1.29 is 22.7 Å². The third-order valence-corrected chi connectivity index (χ3v) is 6.94. The molecule has 1 aromatic rings. The second-order valence-corrected chi connectivity index (χ2v) is 9.45. The van der Waals surface area contributed by atoms with Gasteiger partial charge in [-0.3, -0.25) is 4.79 Å². The van der Waals surface area contributed by atoms with Crippen LogP contribution in [0.2, 0.25) is 0 Å². The van der Waals surface area contributed by atoms with Crippen LogP contribution in [0.3, 0.4) is 0 Å². The fourth-order valence-corrected chi connectivity index (χ4v) is 5.03. The molecule has 3 aliphatic rings. The van der Waals surface area contributed by atoms with Crippen LogP contribution in [0.15, 0.2) is 47.7 Å². The van der Waals surface area contributed by atoms with Crippen LogP contribution < -0.4 is 15.8 Å². The minimum atomic E-state index is -4.40. The van der Waals surface area contributed by atoms with Gasteiger partial charge in [0.1, 0.15) is 5.75 Å². The summed E-state index contributed by atoms with van der Waals surface area (Å²) in [6.45, 7) is 2.94. The quantitative estimate of drug-likeness (QED) is 0.685. The number of ether oxygens (including phenoxy) is 1. The molecule has 0 bridgehead atoms. The summed E-state index contributed by atoms with van der Waals surface area (Å²) in [6.07, 6.45) is 4.54. The molecule has 4 atom stereocenters. The number of allylic oxidation sites excluding steroid dienone is 3. The predicted octanol–water partition coefficient (Wildman–Crippen LogP) is 4.60. The Bertz CT molecular complexity index is 928. The number of hydrogen-bond donors (Lipinski definition) is 2. The zero-order chi connectivity index (χ0) is 23.6. The summed E-state index contributed by atoms with van der Waals surface area (Å²) in [6, 6.07) is 5.11. The molecule has 1 amide bonds. The van der Waals surface area contributed by atoms with Gasteiger partial charge in [0.25, 0.3) is 0 Å². The Labute approximate surface area is 192 Å². The second kappa shape index (κ2) is 9.79. The van der Waals surface area contributed by atoms with Crippen molar-refractivity contribution in [1.82, 2.24) is 10.2 Å². The number of nitrogens with two attached hydrogens (primary N) is 1. The summed E-state index contributed by atoms with van der Waals surface area (Å²) in [5.41, 5.74) is 7.56. The SMILES string of the molecule is C[C@@H]1CC[C@H](COc2cccc(C(F)(F)F)c2)CN1C(=O)C1CCCC2=C(C=CC(N)N2)C1. The van der Waals surface area contributed by atoms with Crippen LogP contribution >= 0.6 is 0 Å². The van der Waals surface area contributed by atoms with E-state index in [1.165, 1.54) is 17.7 Å². The Kier molecular flexibility index (Phi) is 7.02. The number of piperidine rings is 1. The number of carbonyl (C=O) groups excluding carboxylic acids is 1. The van der Waals surface area contributed by atoms with Crippen molar-refractivity contribution in [2.24, 2.45) is 17.6 Å². The van der Waals surface area contributed by atoms with E-state index in [1.807, 2.05) is 17.1 Å². The third-order valence-electron chi connectivity index (χ3n) is 6.94. The first-order valence-corrected chi connectivity index (χ1v) is 11.7. The van der Waals surface area contributed by atoms with Gasteiger partial charge in [-0.1, -0.05) is 12.1 Å². The van der Waals surface area contributed by atoms with Gasteiger partial charge < -0.3 is 20.7 Å². The lowest BCUT2D eigenvalue weighted by Crippen LogP contribution is -2.49. The Morgan fingerprint density at radius 3 is 2.88 bits per heavy atom. The van der Waals surface area contributed by atoms with E-state index in [1.54, 1.807) is 0 Å². The minimum Gasteiger partial charge on any atom is -0.493 e. The first-order chi connectivity index (χ1) is 15.7. The Balaban J connectivity index is 1.37. The molecule has 0 saturated carbocycles. The monoisotopic (exact) mass is 463 g/mol. The second-order valence-electron chi connectivity index (χ2n) is 9.45. The van der Waals surface area contributed by atoms with Crippen LogP contribution in [0.5, 0.6) is 5.75 Å². The zero-order valence-corrected chi connectivity index (χ0v) is 18.9. The van der Waals surface area contributed by atoms with Gasteiger partial charge in [-0.2, -0.15) is 13.2 Å². The highest BCUT2D eigenvalue weighted by atomic mass is 19.4. The maximum Gasteiger partial charge on any atom is 0.416 e. The summed E-state index contributed by atoms with van der Waals surface area (Å²) in [4.78, 5) is 15.5. The molecule has 33 heavy (non-hydrogen) atoms. The highest BCUT2D eigenvalue weighted by molar-refractivity contribution is 5.80. The van der Waals surface area contributed by atoms with Gasteiger partial charge >= 0.3 is 6.18 Å². The number of benzene rings is 1. The van der Waals surface area contributed by atoms with E-state index in [2.05, 4.69) is 12.2 Å². The van der Waals surface area contributed by atoms with Crippen LogP contribution in [0.4, 0.5) is 13.2 Å². The average molecular weight is 464 g/mol. The molecule has 4 rings (SSSR count). The molecule has 1 fully saturated rings. The number of nitrogens with one attached hydrogen (secondary N) is 1. The number of dihydropyridines is 1. The lowest BCUT2D eigenvalue weighted by atomic mass is 9.89. The van der Waals surface area contributed by atoms with Crippen molar-refractivity contribution in [3.63, 3.8) is 0 Å². The fraction of sp³-hybridized carbons (Fsp3) is 0.560. The molecule has 3 N–H and O–H groups in total. The van der Waals surface area contributed by atoms with Crippen molar-refractivity contribution in [3.05, 3.63) is 53.3 Å². The molecular weight excluding hydrogens is 431 g/mol. The van der Waals surface area contributed by atoms with Gasteiger partial charge in [0.2, 0.25) is 5.91 Å². The lowest BCUT2D eigenvalue weighted by molar-refractivity contribution is -0.140. The molecule has 0 aromatic heterocycles. The summed E-state index contributed by atoms with van der Waals surface area (Å²) in [7, 11) is 0. The molecule has 0 spiro atoms. The number of halogens is 3. The van der Waals surface area contributed by atoms with Crippen LogP contribution in [0, 0.1) is 11.8 Å². The molecule has 2 aliphatic heterocycles. The van der Waals surface area contributed by atoms with Gasteiger partial charge in [-0.25, -0.2) is 0 Å².